The van der Waals surface area contributed by atoms with E-state index >= 15 is 0 Å². The Hall–Kier alpha value is -2.83. The van der Waals surface area contributed by atoms with Crippen molar-refractivity contribution in [1.82, 2.24) is 4.98 Å². The van der Waals surface area contributed by atoms with Gasteiger partial charge in [-0.15, -0.1) is 0 Å². The van der Waals surface area contributed by atoms with Crippen LogP contribution in [-0.2, 0) is 6.54 Å². The van der Waals surface area contributed by atoms with Crippen molar-refractivity contribution >= 4 is 17.5 Å². The topological polar surface area (TPSA) is 124 Å². The van der Waals surface area contributed by atoms with Gasteiger partial charge in [0.25, 0.3) is 0 Å². The van der Waals surface area contributed by atoms with E-state index in [-0.39, 0.29) is 11.1 Å². The average Bonchev–Trinajstić information content (AvgIpc) is 2.89. The summed E-state index contributed by atoms with van der Waals surface area (Å²) in [6, 6.07) is 4.42. The number of rotatable bonds is 5. The van der Waals surface area contributed by atoms with Gasteiger partial charge < -0.3 is 21.2 Å². The van der Waals surface area contributed by atoms with Crippen molar-refractivity contribution in [3.8, 4) is 0 Å². The number of benzene rings is 1. The van der Waals surface area contributed by atoms with Crippen LogP contribution in [0.5, 0.6) is 0 Å². The first-order valence-electron chi connectivity index (χ1n) is 5.42. The Balaban J connectivity index is 2.23. The van der Waals surface area contributed by atoms with Gasteiger partial charge in [0, 0.05) is 16.8 Å². The number of anilines is 1. The molecule has 2 rings (SSSR count). The van der Waals surface area contributed by atoms with Crippen LogP contribution in [0.1, 0.15) is 26.5 Å². The predicted molar refractivity (Wildman–Crippen MR) is 67.3 cm³/mol. The van der Waals surface area contributed by atoms with E-state index in [4.69, 9.17) is 15.9 Å². The van der Waals surface area contributed by atoms with Crippen LogP contribution in [0.4, 0.5) is 5.69 Å². The molecule has 7 nitrogen and oxygen atoms in total. The van der Waals surface area contributed by atoms with Gasteiger partial charge in [0.1, 0.15) is 5.76 Å². The minimum absolute atomic E-state index is 0.205. The molecule has 19 heavy (non-hydrogen) atoms. The number of carbonyl (C=O) groups is 2. The van der Waals surface area contributed by atoms with E-state index in [0.717, 1.165) is 0 Å². The standard InChI is InChI=1S/C12H12N4O3/c13-11(17)7-1-8(12(14)18)3-9(2-7)16-5-10-4-15-6-19-10/h1-4,6,16H,5H2,(H2,13,17)(H2,14,18). The molecule has 0 aliphatic carbocycles. The minimum atomic E-state index is -0.634. The number of nitrogens with zero attached hydrogens (tertiary/aromatic N) is 1. The van der Waals surface area contributed by atoms with E-state index in [2.05, 4.69) is 10.3 Å². The average molecular weight is 260 g/mol. The first-order chi connectivity index (χ1) is 9.06. The van der Waals surface area contributed by atoms with Gasteiger partial charge in [-0.25, -0.2) is 4.98 Å². The van der Waals surface area contributed by atoms with Gasteiger partial charge in [-0.3, -0.25) is 9.59 Å². The summed E-state index contributed by atoms with van der Waals surface area (Å²) in [5.41, 5.74) is 11.3. The molecule has 0 atom stereocenters. The van der Waals surface area contributed by atoms with Gasteiger partial charge in [-0.2, -0.15) is 0 Å². The zero-order valence-corrected chi connectivity index (χ0v) is 9.92. The highest BCUT2D eigenvalue weighted by atomic mass is 16.3. The monoisotopic (exact) mass is 260 g/mol. The van der Waals surface area contributed by atoms with Crippen molar-refractivity contribution in [3.05, 3.63) is 47.7 Å². The summed E-state index contributed by atoms with van der Waals surface area (Å²) in [6.07, 6.45) is 2.87. The molecule has 2 aromatic rings. The zero-order valence-electron chi connectivity index (χ0n) is 9.92. The summed E-state index contributed by atoms with van der Waals surface area (Å²) in [6.45, 7) is 0.362. The van der Waals surface area contributed by atoms with Crippen molar-refractivity contribution in [2.75, 3.05) is 5.32 Å². The lowest BCUT2D eigenvalue weighted by molar-refractivity contribution is 0.0999. The third-order valence-electron chi connectivity index (χ3n) is 2.45. The second-order valence-corrected chi connectivity index (χ2v) is 3.85. The van der Waals surface area contributed by atoms with Gasteiger partial charge in [0.15, 0.2) is 6.39 Å². The Kier molecular flexibility index (Phi) is 3.46. The van der Waals surface area contributed by atoms with Crippen LogP contribution in [0.25, 0.3) is 0 Å². The molecule has 2 amide bonds. The highest BCUT2D eigenvalue weighted by Crippen LogP contribution is 2.15. The maximum atomic E-state index is 11.2. The molecule has 0 radical (unpaired) electrons. The quantitative estimate of drug-likeness (QED) is 0.721. The second kappa shape index (κ2) is 5.21. The molecule has 1 aromatic heterocycles. The Labute approximate surface area is 108 Å². The lowest BCUT2D eigenvalue weighted by Crippen LogP contribution is -2.16. The number of hydrogen-bond acceptors (Lipinski definition) is 5. The fraction of sp³-hybridized carbons (Fsp3) is 0.0833. The van der Waals surface area contributed by atoms with Crippen molar-refractivity contribution in [2.24, 2.45) is 11.5 Å². The fourth-order valence-electron chi connectivity index (χ4n) is 1.53. The lowest BCUT2D eigenvalue weighted by Gasteiger charge is -2.08. The maximum Gasteiger partial charge on any atom is 0.248 e. The van der Waals surface area contributed by atoms with Gasteiger partial charge in [-0.05, 0) is 18.2 Å². The number of oxazole rings is 1. The van der Waals surface area contributed by atoms with E-state index in [1.807, 2.05) is 0 Å². The van der Waals surface area contributed by atoms with Crippen LogP contribution in [0, 0.1) is 0 Å². The number of hydrogen-bond donors (Lipinski definition) is 3. The Bertz CT molecular complexity index is 575. The molecule has 0 aliphatic rings. The van der Waals surface area contributed by atoms with Crippen LogP contribution in [0.15, 0.2) is 35.2 Å². The number of aromatic nitrogens is 1. The summed E-state index contributed by atoms with van der Waals surface area (Å²) < 4.78 is 5.05. The Morgan fingerprint density at radius 2 is 1.79 bits per heavy atom. The Morgan fingerprint density at radius 3 is 2.26 bits per heavy atom. The smallest absolute Gasteiger partial charge is 0.248 e. The lowest BCUT2D eigenvalue weighted by atomic mass is 10.1. The highest BCUT2D eigenvalue weighted by Gasteiger charge is 2.09. The van der Waals surface area contributed by atoms with Gasteiger partial charge >= 0.3 is 0 Å². The van der Waals surface area contributed by atoms with Crippen LogP contribution in [-0.4, -0.2) is 16.8 Å². The molecule has 0 aliphatic heterocycles. The van der Waals surface area contributed by atoms with Crippen molar-refractivity contribution in [3.63, 3.8) is 0 Å². The number of amides is 2. The number of carbonyl (C=O) groups excluding carboxylic acids is 2. The molecule has 7 heteroatoms. The third kappa shape index (κ3) is 3.09. The van der Waals surface area contributed by atoms with Gasteiger partial charge in [0.05, 0.1) is 12.7 Å². The normalized spacial score (nSPS) is 10.1. The highest BCUT2D eigenvalue weighted by molar-refractivity contribution is 5.99. The van der Waals surface area contributed by atoms with Crippen LogP contribution in [0.3, 0.4) is 0 Å². The number of nitrogens with one attached hydrogen (secondary N) is 1. The summed E-state index contributed by atoms with van der Waals surface area (Å²) in [5.74, 6) is -0.651. The van der Waals surface area contributed by atoms with E-state index in [1.165, 1.54) is 24.6 Å². The SMILES string of the molecule is NC(=O)c1cc(NCc2cnco2)cc(C(N)=O)c1. The third-order valence-corrected chi connectivity index (χ3v) is 2.45. The van der Waals surface area contributed by atoms with Gasteiger partial charge in [-0.1, -0.05) is 0 Å². The summed E-state index contributed by atoms with van der Waals surface area (Å²) in [4.78, 5) is 26.1. The number of primary amides is 2. The molecule has 0 unspecified atom stereocenters. The molecular weight excluding hydrogens is 248 g/mol. The van der Waals surface area contributed by atoms with E-state index in [0.29, 0.717) is 18.0 Å². The fourth-order valence-corrected chi connectivity index (χ4v) is 1.53. The molecular formula is C12H12N4O3. The molecule has 0 bridgehead atoms. The molecule has 0 saturated carbocycles. The molecule has 5 N–H and O–H groups in total. The van der Waals surface area contributed by atoms with E-state index in [9.17, 15) is 9.59 Å². The van der Waals surface area contributed by atoms with Crippen molar-refractivity contribution in [2.45, 2.75) is 6.54 Å². The summed E-state index contributed by atoms with van der Waals surface area (Å²) >= 11 is 0. The summed E-state index contributed by atoms with van der Waals surface area (Å²) in [7, 11) is 0. The first-order valence-corrected chi connectivity index (χ1v) is 5.42. The first kappa shape index (κ1) is 12.6. The van der Waals surface area contributed by atoms with E-state index < -0.39 is 11.8 Å². The zero-order chi connectivity index (χ0) is 13.8. The molecule has 1 heterocycles. The Morgan fingerprint density at radius 1 is 1.16 bits per heavy atom. The molecule has 0 fully saturated rings. The van der Waals surface area contributed by atoms with E-state index in [1.54, 1.807) is 6.20 Å². The molecule has 0 saturated heterocycles. The second-order valence-electron chi connectivity index (χ2n) is 3.85. The number of nitrogens with two attached hydrogens (primary N) is 2. The van der Waals surface area contributed by atoms with Crippen LogP contribution >= 0.6 is 0 Å². The van der Waals surface area contributed by atoms with Crippen molar-refractivity contribution in [1.29, 1.82) is 0 Å². The largest absolute Gasteiger partial charge is 0.447 e. The molecule has 1 aromatic carbocycles. The molecule has 0 spiro atoms. The minimum Gasteiger partial charge on any atom is -0.447 e. The van der Waals surface area contributed by atoms with Crippen molar-refractivity contribution < 1.29 is 14.0 Å². The maximum absolute atomic E-state index is 11.2. The summed E-state index contributed by atoms with van der Waals surface area (Å²) in [5, 5.41) is 2.99. The predicted octanol–water partition coefficient (Wildman–Crippen LogP) is 0.485. The van der Waals surface area contributed by atoms with Gasteiger partial charge in [0.2, 0.25) is 11.8 Å². The molecule has 98 valence electrons. The van der Waals surface area contributed by atoms with Crippen LogP contribution in [0.2, 0.25) is 0 Å². The van der Waals surface area contributed by atoms with Crippen LogP contribution < -0.4 is 16.8 Å².